The van der Waals surface area contributed by atoms with E-state index in [1.165, 1.54) is 18.2 Å². The number of benzene rings is 1. The molecule has 2 N–H and O–H groups in total. The summed E-state index contributed by atoms with van der Waals surface area (Å²) in [7, 11) is 1.54. The molecule has 0 aliphatic heterocycles. The van der Waals surface area contributed by atoms with Crippen LogP contribution >= 0.6 is 0 Å². The molecule has 6 nitrogen and oxygen atoms in total. The van der Waals surface area contributed by atoms with E-state index in [0.29, 0.717) is 25.2 Å². The van der Waals surface area contributed by atoms with Crippen molar-refractivity contribution in [2.45, 2.75) is 32.4 Å². The molecular weight excluding hydrogens is 305 g/mol. The first-order chi connectivity index (χ1) is 10.9. The second kappa shape index (κ2) is 9.91. The summed E-state index contributed by atoms with van der Waals surface area (Å²) < 4.78 is 23.8. The van der Waals surface area contributed by atoms with Crippen LogP contribution in [-0.2, 0) is 20.9 Å². The third kappa shape index (κ3) is 7.21. The normalized spacial score (nSPS) is 12.0. The van der Waals surface area contributed by atoms with E-state index in [1.54, 1.807) is 14.0 Å². The van der Waals surface area contributed by atoms with Gasteiger partial charge in [0.05, 0.1) is 19.8 Å². The van der Waals surface area contributed by atoms with Crippen LogP contribution in [0.25, 0.3) is 0 Å². The number of amides is 1. The zero-order chi connectivity index (χ0) is 17.2. The Bertz CT molecular complexity index is 535. The molecule has 0 bridgehead atoms. The fourth-order valence-electron chi connectivity index (χ4n) is 1.87. The first-order valence-corrected chi connectivity index (χ1v) is 7.31. The maximum absolute atomic E-state index is 13.7. The largest absolute Gasteiger partial charge is 0.481 e. The van der Waals surface area contributed by atoms with Crippen LogP contribution < -0.4 is 5.32 Å². The third-order valence-corrected chi connectivity index (χ3v) is 3.17. The minimum Gasteiger partial charge on any atom is -0.481 e. The summed E-state index contributed by atoms with van der Waals surface area (Å²) >= 11 is 0. The molecule has 1 aromatic rings. The minimum absolute atomic E-state index is 0.0244. The number of rotatable bonds is 10. The van der Waals surface area contributed by atoms with Crippen LogP contribution in [0.3, 0.4) is 0 Å². The lowest BCUT2D eigenvalue weighted by Gasteiger charge is -2.13. The number of carbonyl (C=O) groups excluding carboxylic acids is 1. The molecule has 1 atom stereocenters. The summed E-state index contributed by atoms with van der Waals surface area (Å²) in [5.41, 5.74) is 0.589. The fraction of sp³-hybridized carbons (Fsp3) is 0.500. The SMILES string of the molecule is COCCOCc1cc(C(=O)NC(C)CCC(=O)O)ccc1F. The molecule has 23 heavy (non-hydrogen) atoms. The van der Waals surface area contributed by atoms with Gasteiger partial charge >= 0.3 is 5.97 Å². The fourth-order valence-corrected chi connectivity index (χ4v) is 1.87. The lowest BCUT2D eigenvalue weighted by Crippen LogP contribution is -2.33. The first-order valence-electron chi connectivity index (χ1n) is 7.31. The summed E-state index contributed by atoms with van der Waals surface area (Å²) in [5.74, 6) is -1.73. The van der Waals surface area contributed by atoms with E-state index in [9.17, 15) is 14.0 Å². The second-order valence-corrected chi connectivity index (χ2v) is 5.16. The second-order valence-electron chi connectivity index (χ2n) is 5.16. The van der Waals surface area contributed by atoms with Crippen molar-refractivity contribution < 1.29 is 28.6 Å². The Balaban J connectivity index is 2.61. The highest BCUT2D eigenvalue weighted by atomic mass is 19.1. The highest BCUT2D eigenvalue weighted by molar-refractivity contribution is 5.94. The number of carboxylic acid groups (broad SMARTS) is 1. The molecule has 0 saturated heterocycles. The van der Waals surface area contributed by atoms with E-state index >= 15 is 0 Å². The lowest BCUT2D eigenvalue weighted by atomic mass is 10.1. The Hall–Kier alpha value is -1.99. The molecule has 0 aromatic heterocycles. The Morgan fingerprint density at radius 3 is 2.74 bits per heavy atom. The Labute approximate surface area is 134 Å². The highest BCUT2D eigenvalue weighted by Crippen LogP contribution is 2.12. The molecule has 7 heteroatoms. The number of nitrogens with one attached hydrogen (secondary N) is 1. The van der Waals surface area contributed by atoms with Crippen molar-refractivity contribution in [2.75, 3.05) is 20.3 Å². The summed E-state index contributed by atoms with van der Waals surface area (Å²) in [6.07, 6.45) is 0.304. The lowest BCUT2D eigenvalue weighted by molar-refractivity contribution is -0.137. The van der Waals surface area contributed by atoms with E-state index in [0.717, 1.165) is 0 Å². The molecule has 1 amide bonds. The van der Waals surface area contributed by atoms with Crippen molar-refractivity contribution in [2.24, 2.45) is 0 Å². The number of ether oxygens (including phenoxy) is 2. The molecule has 0 spiro atoms. The predicted octanol–water partition coefficient (Wildman–Crippen LogP) is 1.97. The third-order valence-electron chi connectivity index (χ3n) is 3.17. The van der Waals surface area contributed by atoms with Gasteiger partial charge in [-0.15, -0.1) is 0 Å². The van der Waals surface area contributed by atoms with E-state index in [4.69, 9.17) is 14.6 Å². The maximum Gasteiger partial charge on any atom is 0.303 e. The van der Waals surface area contributed by atoms with Gasteiger partial charge in [-0.05, 0) is 31.5 Å². The number of hydrogen-bond acceptors (Lipinski definition) is 4. The van der Waals surface area contributed by atoms with Gasteiger partial charge in [0.25, 0.3) is 5.91 Å². The summed E-state index contributed by atoms with van der Waals surface area (Å²) in [5, 5.41) is 11.3. The highest BCUT2D eigenvalue weighted by Gasteiger charge is 2.13. The van der Waals surface area contributed by atoms with Crippen LogP contribution in [0.2, 0.25) is 0 Å². The summed E-state index contributed by atoms with van der Waals surface area (Å²) in [6, 6.07) is 3.74. The minimum atomic E-state index is -0.914. The van der Waals surface area contributed by atoms with Gasteiger partial charge in [0, 0.05) is 30.7 Å². The van der Waals surface area contributed by atoms with Crippen molar-refractivity contribution in [3.8, 4) is 0 Å². The molecule has 1 aromatic carbocycles. The van der Waals surface area contributed by atoms with Gasteiger partial charge < -0.3 is 19.9 Å². The van der Waals surface area contributed by atoms with E-state index < -0.39 is 11.8 Å². The summed E-state index contributed by atoms with van der Waals surface area (Å²) in [4.78, 5) is 22.6. The van der Waals surface area contributed by atoms with Crippen molar-refractivity contribution >= 4 is 11.9 Å². The smallest absolute Gasteiger partial charge is 0.303 e. The van der Waals surface area contributed by atoms with Crippen LogP contribution in [0, 0.1) is 5.82 Å². The van der Waals surface area contributed by atoms with Gasteiger partial charge in [-0.2, -0.15) is 0 Å². The van der Waals surface area contributed by atoms with Crippen molar-refractivity contribution in [1.29, 1.82) is 0 Å². The van der Waals surface area contributed by atoms with Gasteiger partial charge in [-0.1, -0.05) is 0 Å². The van der Waals surface area contributed by atoms with Gasteiger partial charge in [-0.3, -0.25) is 9.59 Å². The van der Waals surface area contributed by atoms with Gasteiger partial charge in [0.15, 0.2) is 0 Å². The quantitative estimate of drug-likeness (QED) is 0.642. The monoisotopic (exact) mass is 327 g/mol. The Kier molecular flexibility index (Phi) is 8.21. The van der Waals surface area contributed by atoms with E-state index in [1.807, 2.05) is 0 Å². The molecular formula is C16H22FNO5. The molecule has 0 saturated carbocycles. The number of aliphatic carboxylic acids is 1. The van der Waals surface area contributed by atoms with Crippen LogP contribution in [-0.4, -0.2) is 43.3 Å². The topological polar surface area (TPSA) is 84.9 Å². The van der Waals surface area contributed by atoms with Gasteiger partial charge in [0.2, 0.25) is 0 Å². The van der Waals surface area contributed by atoms with Crippen molar-refractivity contribution in [3.63, 3.8) is 0 Å². The Morgan fingerprint density at radius 2 is 2.09 bits per heavy atom. The number of carboxylic acids is 1. The molecule has 128 valence electrons. The van der Waals surface area contributed by atoms with Crippen molar-refractivity contribution in [3.05, 3.63) is 35.1 Å². The molecule has 0 aliphatic carbocycles. The van der Waals surface area contributed by atoms with E-state index in [2.05, 4.69) is 5.32 Å². The van der Waals surface area contributed by atoms with Crippen LogP contribution in [0.15, 0.2) is 18.2 Å². The molecule has 0 fully saturated rings. The van der Waals surface area contributed by atoms with Crippen LogP contribution in [0.4, 0.5) is 4.39 Å². The zero-order valence-corrected chi connectivity index (χ0v) is 13.3. The molecule has 0 radical (unpaired) electrons. The summed E-state index contributed by atoms with van der Waals surface area (Å²) in [6.45, 7) is 2.51. The zero-order valence-electron chi connectivity index (χ0n) is 13.3. The van der Waals surface area contributed by atoms with E-state index in [-0.39, 0.29) is 30.5 Å². The molecule has 1 unspecified atom stereocenters. The number of carbonyl (C=O) groups is 2. The number of methoxy groups -OCH3 is 1. The molecule has 0 heterocycles. The molecule has 1 rings (SSSR count). The first kappa shape index (κ1) is 19.1. The number of hydrogen-bond donors (Lipinski definition) is 2. The number of halogens is 1. The average molecular weight is 327 g/mol. The van der Waals surface area contributed by atoms with Gasteiger partial charge in [-0.25, -0.2) is 4.39 Å². The van der Waals surface area contributed by atoms with Crippen molar-refractivity contribution in [1.82, 2.24) is 5.32 Å². The predicted molar refractivity (Wildman–Crippen MR) is 81.7 cm³/mol. The standard InChI is InChI=1S/C16H22FNO5/c1-11(3-6-15(19)20)18-16(21)12-4-5-14(17)13(9-12)10-23-8-7-22-2/h4-5,9,11H,3,6-8,10H2,1-2H3,(H,18,21)(H,19,20). The Morgan fingerprint density at radius 1 is 1.35 bits per heavy atom. The average Bonchev–Trinajstić information content (AvgIpc) is 2.51. The molecule has 0 aliphatic rings. The van der Waals surface area contributed by atoms with Crippen LogP contribution in [0.5, 0.6) is 0 Å². The van der Waals surface area contributed by atoms with Crippen LogP contribution in [0.1, 0.15) is 35.7 Å². The van der Waals surface area contributed by atoms with Gasteiger partial charge in [0.1, 0.15) is 5.82 Å². The maximum atomic E-state index is 13.7.